The molecule has 2 rings (SSSR count). The number of nitrogens with zero attached hydrogens (tertiary/aromatic N) is 4. The monoisotopic (exact) mass is 249 g/mol. The number of hydrogen-bond donors (Lipinski definition) is 1. The Balaban J connectivity index is 1.83. The fourth-order valence-corrected chi connectivity index (χ4v) is 2.23. The molecule has 1 aliphatic heterocycles. The molecule has 0 aromatic carbocycles. The van der Waals surface area contributed by atoms with Gasteiger partial charge in [0.05, 0.1) is 18.1 Å². The van der Waals surface area contributed by atoms with Crippen LogP contribution in [0.5, 0.6) is 0 Å². The summed E-state index contributed by atoms with van der Waals surface area (Å²) in [5, 5.41) is 2.98. The predicted octanol–water partition coefficient (Wildman–Crippen LogP) is 1.04. The first-order valence-electron chi connectivity index (χ1n) is 6.64. The van der Waals surface area contributed by atoms with E-state index in [1.807, 2.05) is 13.2 Å². The first kappa shape index (κ1) is 13.2. The predicted molar refractivity (Wildman–Crippen MR) is 73.6 cm³/mol. The summed E-state index contributed by atoms with van der Waals surface area (Å²) in [5.41, 5.74) is 1.05. The van der Waals surface area contributed by atoms with Gasteiger partial charge in [0.25, 0.3) is 0 Å². The molecular formula is C13H23N5. The Kier molecular flexibility index (Phi) is 4.49. The highest BCUT2D eigenvalue weighted by atomic mass is 15.3. The molecule has 1 aliphatic rings. The summed E-state index contributed by atoms with van der Waals surface area (Å²) in [6.07, 6.45) is 3.65. The van der Waals surface area contributed by atoms with Crippen molar-refractivity contribution in [3.63, 3.8) is 0 Å². The number of rotatable bonds is 4. The number of hydrogen-bond acceptors (Lipinski definition) is 5. The Labute approximate surface area is 109 Å². The van der Waals surface area contributed by atoms with Crippen LogP contribution in [-0.4, -0.2) is 59.0 Å². The van der Waals surface area contributed by atoms with E-state index in [9.17, 15) is 0 Å². The number of piperazine rings is 1. The van der Waals surface area contributed by atoms with Crippen molar-refractivity contribution in [1.29, 1.82) is 0 Å². The summed E-state index contributed by atoms with van der Waals surface area (Å²) >= 11 is 0. The third-order valence-corrected chi connectivity index (χ3v) is 3.48. The third kappa shape index (κ3) is 3.40. The lowest BCUT2D eigenvalue weighted by molar-refractivity contribution is 0.103. The Bertz CT molecular complexity index is 354. The lowest BCUT2D eigenvalue weighted by atomic mass is 10.2. The van der Waals surface area contributed by atoms with E-state index in [0.29, 0.717) is 6.04 Å². The van der Waals surface area contributed by atoms with Gasteiger partial charge in [0.15, 0.2) is 0 Å². The summed E-state index contributed by atoms with van der Waals surface area (Å²) in [7, 11) is 1.86. The second kappa shape index (κ2) is 6.11. The van der Waals surface area contributed by atoms with E-state index >= 15 is 0 Å². The van der Waals surface area contributed by atoms with E-state index < -0.39 is 0 Å². The maximum Gasteiger partial charge on any atom is 0.144 e. The molecule has 18 heavy (non-hydrogen) atoms. The smallest absolute Gasteiger partial charge is 0.144 e. The zero-order valence-electron chi connectivity index (χ0n) is 11.6. The van der Waals surface area contributed by atoms with Crippen molar-refractivity contribution in [3.8, 4) is 0 Å². The van der Waals surface area contributed by atoms with Crippen LogP contribution in [0.3, 0.4) is 0 Å². The third-order valence-electron chi connectivity index (χ3n) is 3.48. The van der Waals surface area contributed by atoms with Crippen LogP contribution in [0.1, 0.15) is 19.5 Å². The van der Waals surface area contributed by atoms with Gasteiger partial charge in [-0.1, -0.05) is 0 Å². The molecule has 0 atom stereocenters. The van der Waals surface area contributed by atoms with Gasteiger partial charge in [-0.15, -0.1) is 0 Å². The van der Waals surface area contributed by atoms with Gasteiger partial charge in [-0.3, -0.25) is 14.8 Å². The van der Waals surface area contributed by atoms with Crippen molar-refractivity contribution in [2.24, 2.45) is 0 Å². The topological polar surface area (TPSA) is 44.3 Å². The fraction of sp³-hybridized carbons (Fsp3) is 0.692. The van der Waals surface area contributed by atoms with Gasteiger partial charge in [0, 0.05) is 45.8 Å². The van der Waals surface area contributed by atoms with Gasteiger partial charge in [0.1, 0.15) is 5.82 Å². The molecule has 100 valence electrons. The fourth-order valence-electron chi connectivity index (χ4n) is 2.23. The summed E-state index contributed by atoms with van der Waals surface area (Å²) in [6.45, 7) is 9.97. The molecule has 1 aromatic heterocycles. The molecule has 1 fully saturated rings. The van der Waals surface area contributed by atoms with Crippen LogP contribution >= 0.6 is 0 Å². The summed E-state index contributed by atoms with van der Waals surface area (Å²) in [6, 6.07) is 0.654. The van der Waals surface area contributed by atoms with Crippen LogP contribution in [-0.2, 0) is 6.54 Å². The Morgan fingerprint density at radius 3 is 2.39 bits per heavy atom. The van der Waals surface area contributed by atoms with Crippen molar-refractivity contribution in [2.45, 2.75) is 26.4 Å². The van der Waals surface area contributed by atoms with Crippen LogP contribution in [0.2, 0.25) is 0 Å². The zero-order chi connectivity index (χ0) is 13.0. The lowest BCUT2D eigenvalue weighted by Gasteiger charge is -2.36. The van der Waals surface area contributed by atoms with Gasteiger partial charge in [-0.2, -0.15) is 0 Å². The molecule has 1 aromatic rings. The average molecular weight is 249 g/mol. The summed E-state index contributed by atoms with van der Waals surface area (Å²) in [5.74, 6) is 0.823. The van der Waals surface area contributed by atoms with Crippen molar-refractivity contribution in [2.75, 3.05) is 38.5 Å². The molecule has 0 radical (unpaired) electrons. The number of anilines is 1. The Hall–Kier alpha value is -1.20. The molecule has 0 unspecified atom stereocenters. The van der Waals surface area contributed by atoms with Crippen molar-refractivity contribution in [3.05, 3.63) is 18.1 Å². The normalized spacial score (nSPS) is 18.2. The molecule has 0 bridgehead atoms. The summed E-state index contributed by atoms with van der Waals surface area (Å²) in [4.78, 5) is 13.7. The van der Waals surface area contributed by atoms with Crippen LogP contribution in [0.4, 0.5) is 5.82 Å². The number of aromatic nitrogens is 2. The molecule has 0 aliphatic carbocycles. The Morgan fingerprint density at radius 2 is 1.89 bits per heavy atom. The van der Waals surface area contributed by atoms with E-state index in [1.54, 1.807) is 6.20 Å². The van der Waals surface area contributed by atoms with Gasteiger partial charge < -0.3 is 5.32 Å². The first-order chi connectivity index (χ1) is 8.69. The molecule has 2 heterocycles. The minimum atomic E-state index is 0.654. The van der Waals surface area contributed by atoms with Crippen LogP contribution < -0.4 is 5.32 Å². The second-order valence-corrected chi connectivity index (χ2v) is 5.05. The van der Waals surface area contributed by atoms with Crippen molar-refractivity contribution < 1.29 is 0 Å². The molecule has 0 spiro atoms. The second-order valence-electron chi connectivity index (χ2n) is 5.05. The SMILES string of the molecule is CNc1cnc(CN2CCN(C(C)C)CC2)cn1. The van der Waals surface area contributed by atoms with E-state index in [2.05, 4.69) is 38.9 Å². The minimum Gasteiger partial charge on any atom is -0.372 e. The van der Waals surface area contributed by atoms with Crippen LogP contribution in [0.15, 0.2) is 12.4 Å². The van der Waals surface area contributed by atoms with Gasteiger partial charge >= 0.3 is 0 Å². The van der Waals surface area contributed by atoms with E-state index in [-0.39, 0.29) is 0 Å². The molecular weight excluding hydrogens is 226 g/mol. The molecule has 5 nitrogen and oxygen atoms in total. The highest BCUT2D eigenvalue weighted by Gasteiger charge is 2.18. The lowest BCUT2D eigenvalue weighted by Crippen LogP contribution is -2.48. The zero-order valence-corrected chi connectivity index (χ0v) is 11.6. The largest absolute Gasteiger partial charge is 0.372 e. The quantitative estimate of drug-likeness (QED) is 0.864. The maximum absolute atomic E-state index is 4.42. The van der Waals surface area contributed by atoms with Crippen molar-refractivity contribution >= 4 is 5.82 Å². The minimum absolute atomic E-state index is 0.654. The molecule has 0 saturated carbocycles. The average Bonchev–Trinajstić information content (AvgIpc) is 2.40. The Morgan fingerprint density at radius 1 is 1.17 bits per heavy atom. The maximum atomic E-state index is 4.42. The molecule has 1 saturated heterocycles. The standard InChI is InChI=1S/C13H23N5/c1-11(2)18-6-4-17(5-7-18)10-12-8-16-13(14-3)9-15-12/h8-9,11H,4-7,10H2,1-3H3,(H,14,16). The van der Waals surface area contributed by atoms with E-state index in [1.165, 1.54) is 0 Å². The van der Waals surface area contributed by atoms with Gasteiger partial charge in [0.2, 0.25) is 0 Å². The highest BCUT2D eigenvalue weighted by Crippen LogP contribution is 2.09. The first-order valence-corrected chi connectivity index (χ1v) is 6.64. The highest BCUT2D eigenvalue weighted by molar-refractivity contribution is 5.29. The molecule has 0 amide bonds. The van der Waals surface area contributed by atoms with E-state index in [0.717, 1.165) is 44.2 Å². The van der Waals surface area contributed by atoms with Gasteiger partial charge in [-0.05, 0) is 13.8 Å². The van der Waals surface area contributed by atoms with Crippen molar-refractivity contribution in [1.82, 2.24) is 19.8 Å². The van der Waals surface area contributed by atoms with Crippen LogP contribution in [0, 0.1) is 0 Å². The number of nitrogens with one attached hydrogen (secondary N) is 1. The summed E-state index contributed by atoms with van der Waals surface area (Å²) < 4.78 is 0. The molecule has 1 N–H and O–H groups in total. The van der Waals surface area contributed by atoms with Crippen LogP contribution in [0.25, 0.3) is 0 Å². The van der Waals surface area contributed by atoms with Gasteiger partial charge in [-0.25, -0.2) is 4.98 Å². The molecule has 5 heteroatoms. The van der Waals surface area contributed by atoms with E-state index in [4.69, 9.17) is 0 Å².